The fourth-order valence-corrected chi connectivity index (χ4v) is 6.41. The number of ketones is 1. The van der Waals surface area contributed by atoms with Crippen LogP contribution >= 0.6 is 0 Å². The van der Waals surface area contributed by atoms with Gasteiger partial charge in [-0.15, -0.1) is 0 Å². The Kier molecular flexibility index (Phi) is 2.96. The number of hydrogen-bond acceptors (Lipinski definition) is 2. The minimum absolute atomic E-state index is 0.0168. The van der Waals surface area contributed by atoms with Crippen molar-refractivity contribution >= 4 is 5.78 Å². The summed E-state index contributed by atoms with van der Waals surface area (Å²) >= 11 is 0. The first-order valence-corrected chi connectivity index (χ1v) is 8.86. The molecule has 4 aliphatic rings. The molecule has 2 nitrogen and oxygen atoms in total. The standard InChI is InChI=1S/C19H28O2/c1-18-9-7-13(20)11-12(18)3-4-14-15-5-6-17(21)19(15,2)10-8-16(14)18/h3,13-16,20H,4-11H2,1-2H3/t13-,14+,15+,16-,18+,19+/m1/s1. The molecular formula is C19H28O2. The molecule has 0 aliphatic heterocycles. The molecule has 6 atom stereocenters. The van der Waals surface area contributed by atoms with Crippen LogP contribution in [0.5, 0.6) is 0 Å². The monoisotopic (exact) mass is 288 g/mol. The van der Waals surface area contributed by atoms with E-state index in [0.29, 0.717) is 23.0 Å². The van der Waals surface area contributed by atoms with Crippen LogP contribution in [0.15, 0.2) is 11.6 Å². The number of Topliss-reactive ketones (excluding diaryl/α,β-unsaturated/α-hetero) is 1. The Bertz CT molecular complexity index is 508. The van der Waals surface area contributed by atoms with Gasteiger partial charge in [0, 0.05) is 11.8 Å². The van der Waals surface area contributed by atoms with Gasteiger partial charge in [0.2, 0.25) is 0 Å². The van der Waals surface area contributed by atoms with Gasteiger partial charge in [-0.1, -0.05) is 25.5 Å². The summed E-state index contributed by atoms with van der Waals surface area (Å²) < 4.78 is 0. The van der Waals surface area contributed by atoms with E-state index in [1.807, 2.05) is 0 Å². The van der Waals surface area contributed by atoms with E-state index < -0.39 is 0 Å². The van der Waals surface area contributed by atoms with Crippen molar-refractivity contribution in [3.8, 4) is 0 Å². The molecule has 4 aliphatic carbocycles. The minimum Gasteiger partial charge on any atom is -0.393 e. The summed E-state index contributed by atoms with van der Waals surface area (Å²) in [5.41, 5.74) is 1.81. The number of fused-ring (bicyclic) bond motifs is 5. The summed E-state index contributed by atoms with van der Waals surface area (Å²) in [6, 6.07) is 0. The van der Waals surface area contributed by atoms with Gasteiger partial charge in [-0.25, -0.2) is 0 Å². The molecule has 1 N–H and O–H groups in total. The molecule has 0 aromatic heterocycles. The Morgan fingerprint density at radius 2 is 1.81 bits per heavy atom. The lowest BCUT2D eigenvalue weighted by Crippen LogP contribution is -2.50. The van der Waals surface area contributed by atoms with Gasteiger partial charge in [0.05, 0.1) is 6.10 Å². The number of carbonyl (C=O) groups is 1. The van der Waals surface area contributed by atoms with Crippen molar-refractivity contribution in [2.75, 3.05) is 0 Å². The second kappa shape index (κ2) is 4.44. The van der Waals surface area contributed by atoms with Gasteiger partial charge in [-0.05, 0) is 68.1 Å². The maximum absolute atomic E-state index is 12.4. The van der Waals surface area contributed by atoms with Gasteiger partial charge in [0.25, 0.3) is 0 Å². The Morgan fingerprint density at radius 1 is 1.10 bits per heavy atom. The van der Waals surface area contributed by atoms with E-state index in [0.717, 1.165) is 50.9 Å². The quantitative estimate of drug-likeness (QED) is 0.687. The Balaban J connectivity index is 1.69. The molecule has 0 amide bonds. The molecule has 4 rings (SSSR count). The summed E-state index contributed by atoms with van der Waals surface area (Å²) in [5, 5.41) is 10.00. The Labute approximate surface area is 128 Å². The Morgan fingerprint density at radius 3 is 2.62 bits per heavy atom. The number of allylic oxidation sites excluding steroid dienone is 1. The van der Waals surface area contributed by atoms with Crippen LogP contribution < -0.4 is 0 Å². The summed E-state index contributed by atoms with van der Waals surface area (Å²) in [5.74, 6) is 2.60. The summed E-state index contributed by atoms with van der Waals surface area (Å²) in [6.07, 6.45) is 10.7. The highest BCUT2D eigenvalue weighted by atomic mass is 16.3. The van der Waals surface area contributed by atoms with Gasteiger partial charge >= 0.3 is 0 Å². The van der Waals surface area contributed by atoms with Crippen LogP contribution in [0.1, 0.15) is 65.2 Å². The summed E-state index contributed by atoms with van der Waals surface area (Å²) in [7, 11) is 0. The van der Waals surface area contributed by atoms with Gasteiger partial charge in [-0.2, -0.15) is 0 Å². The van der Waals surface area contributed by atoms with Crippen molar-refractivity contribution in [3.63, 3.8) is 0 Å². The third kappa shape index (κ3) is 1.78. The van der Waals surface area contributed by atoms with E-state index in [-0.39, 0.29) is 11.5 Å². The third-order valence-electron chi connectivity index (χ3n) is 7.79. The molecule has 21 heavy (non-hydrogen) atoms. The third-order valence-corrected chi connectivity index (χ3v) is 7.79. The van der Waals surface area contributed by atoms with Crippen LogP contribution in [0.3, 0.4) is 0 Å². The van der Waals surface area contributed by atoms with E-state index in [1.165, 1.54) is 12.0 Å². The average Bonchev–Trinajstić information content (AvgIpc) is 2.76. The highest BCUT2D eigenvalue weighted by molar-refractivity contribution is 5.87. The molecule has 0 saturated heterocycles. The second-order valence-corrected chi connectivity index (χ2v) is 8.57. The zero-order chi connectivity index (χ0) is 14.8. The molecule has 116 valence electrons. The number of aliphatic hydroxyl groups is 1. The van der Waals surface area contributed by atoms with Crippen LogP contribution in [0, 0.1) is 28.6 Å². The van der Waals surface area contributed by atoms with E-state index in [1.54, 1.807) is 0 Å². The summed E-state index contributed by atoms with van der Waals surface area (Å²) in [6.45, 7) is 4.69. The first-order chi connectivity index (χ1) is 9.95. The average molecular weight is 288 g/mol. The van der Waals surface area contributed by atoms with E-state index in [4.69, 9.17) is 0 Å². The molecule has 0 unspecified atom stereocenters. The van der Waals surface area contributed by atoms with E-state index >= 15 is 0 Å². The predicted molar refractivity (Wildman–Crippen MR) is 82.7 cm³/mol. The number of hydrogen-bond donors (Lipinski definition) is 1. The van der Waals surface area contributed by atoms with Crippen LogP contribution in [0.25, 0.3) is 0 Å². The highest BCUT2D eigenvalue weighted by Gasteiger charge is 2.58. The van der Waals surface area contributed by atoms with Gasteiger partial charge in [0.15, 0.2) is 0 Å². The smallest absolute Gasteiger partial charge is 0.139 e. The lowest BCUT2D eigenvalue weighted by atomic mass is 9.48. The van der Waals surface area contributed by atoms with Crippen LogP contribution in [0.4, 0.5) is 0 Å². The molecule has 0 spiro atoms. The Hall–Kier alpha value is -0.630. The second-order valence-electron chi connectivity index (χ2n) is 8.57. The molecule has 0 bridgehead atoms. The van der Waals surface area contributed by atoms with Crippen molar-refractivity contribution in [1.29, 1.82) is 0 Å². The first kappa shape index (κ1) is 14.0. The first-order valence-electron chi connectivity index (χ1n) is 8.86. The summed E-state index contributed by atoms with van der Waals surface area (Å²) in [4.78, 5) is 12.4. The number of aliphatic hydroxyl groups excluding tert-OH is 1. The molecule has 2 heteroatoms. The minimum atomic E-state index is -0.122. The van der Waals surface area contributed by atoms with Crippen molar-refractivity contribution in [2.24, 2.45) is 28.6 Å². The SMILES string of the molecule is C[C@]12CC[C@@H](O)CC1=CC[C@@H]1[C@H]2CC[C@]2(C)C(=O)CC[C@@H]12. The van der Waals surface area contributed by atoms with Gasteiger partial charge < -0.3 is 5.11 Å². The highest BCUT2D eigenvalue weighted by Crippen LogP contribution is 2.63. The molecule has 3 saturated carbocycles. The molecule has 0 radical (unpaired) electrons. The van der Waals surface area contributed by atoms with Crippen molar-refractivity contribution < 1.29 is 9.90 Å². The molecule has 3 fully saturated rings. The van der Waals surface area contributed by atoms with E-state index in [9.17, 15) is 9.90 Å². The van der Waals surface area contributed by atoms with E-state index in [2.05, 4.69) is 19.9 Å². The maximum atomic E-state index is 12.4. The van der Waals surface area contributed by atoms with Gasteiger partial charge in [-0.3, -0.25) is 4.79 Å². The fraction of sp³-hybridized carbons (Fsp3) is 0.842. The molecule has 0 aromatic carbocycles. The lowest BCUT2D eigenvalue weighted by molar-refractivity contribution is -0.132. The zero-order valence-corrected chi connectivity index (χ0v) is 13.4. The zero-order valence-electron chi connectivity index (χ0n) is 13.4. The maximum Gasteiger partial charge on any atom is 0.139 e. The van der Waals surface area contributed by atoms with Crippen LogP contribution in [0.2, 0.25) is 0 Å². The normalized spacial score (nSPS) is 52.7. The van der Waals surface area contributed by atoms with Crippen molar-refractivity contribution in [2.45, 2.75) is 71.3 Å². The van der Waals surface area contributed by atoms with Crippen molar-refractivity contribution in [3.05, 3.63) is 11.6 Å². The fourth-order valence-electron chi connectivity index (χ4n) is 6.41. The van der Waals surface area contributed by atoms with Gasteiger partial charge in [0.1, 0.15) is 5.78 Å². The van der Waals surface area contributed by atoms with Crippen LogP contribution in [-0.2, 0) is 4.79 Å². The molecule has 0 heterocycles. The topological polar surface area (TPSA) is 37.3 Å². The molecule has 0 aromatic rings. The largest absolute Gasteiger partial charge is 0.393 e. The number of rotatable bonds is 0. The van der Waals surface area contributed by atoms with Crippen molar-refractivity contribution in [1.82, 2.24) is 0 Å². The lowest BCUT2D eigenvalue weighted by Gasteiger charge is -2.56. The molecular weight excluding hydrogens is 260 g/mol. The predicted octanol–water partition coefficient (Wildman–Crippen LogP) is 3.88. The van der Waals surface area contributed by atoms with Crippen LogP contribution in [-0.4, -0.2) is 17.0 Å². The number of carbonyl (C=O) groups excluding carboxylic acids is 1.